The number of nitrogens with zero attached hydrogens (tertiary/aromatic N) is 2. The highest BCUT2D eigenvalue weighted by Gasteiger charge is 2.42. The molecule has 2 rings (SSSR count). The summed E-state index contributed by atoms with van der Waals surface area (Å²) in [5, 5.41) is 5.91. The molecule has 0 spiro atoms. The summed E-state index contributed by atoms with van der Waals surface area (Å²) in [6, 6.07) is 0. The number of esters is 1. The van der Waals surface area contributed by atoms with Crippen molar-refractivity contribution in [1.82, 2.24) is 20.6 Å². The summed E-state index contributed by atoms with van der Waals surface area (Å²) in [5.74, 6) is -0.785. The molecule has 0 aromatic carbocycles. The molecule has 1 aromatic heterocycles. The van der Waals surface area contributed by atoms with Crippen LogP contribution in [0.5, 0.6) is 0 Å². The number of aromatic nitrogens is 2. The molecule has 0 unspecified atom stereocenters. The molecule has 1 fully saturated rings. The molecule has 1 saturated heterocycles. The molecule has 2 N–H and O–H groups in total. The van der Waals surface area contributed by atoms with Crippen molar-refractivity contribution >= 4 is 11.9 Å². The van der Waals surface area contributed by atoms with Crippen molar-refractivity contribution in [1.29, 1.82) is 0 Å². The van der Waals surface area contributed by atoms with E-state index in [1.807, 2.05) is 0 Å². The van der Waals surface area contributed by atoms with Gasteiger partial charge in [0.05, 0.1) is 12.7 Å². The lowest BCUT2D eigenvalue weighted by Crippen LogP contribution is -2.59. The largest absolute Gasteiger partial charge is 0.467 e. The Morgan fingerprint density at radius 3 is 2.53 bits per heavy atom. The van der Waals surface area contributed by atoms with Crippen LogP contribution in [0.3, 0.4) is 0 Å². The van der Waals surface area contributed by atoms with Crippen molar-refractivity contribution in [2.75, 3.05) is 20.2 Å². The number of carbonyl (C=O) groups excluding carboxylic acids is 2. The van der Waals surface area contributed by atoms with Crippen LogP contribution < -0.4 is 10.6 Å². The molecule has 7 nitrogen and oxygen atoms in total. The molecule has 0 bridgehead atoms. The summed E-state index contributed by atoms with van der Waals surface area (Å²) in [7, 11) is 1.32. The summed E-state index contributed by atoms with van der Waals surface area (Å²) in [6.07, 6.45) is 5.17. The first-order valence-electron chi connectivity index (χ1n) is 6.04. The maximum atomic E-state index is 12.1. The van der Waals surface area contributed by atoms with E-state index in [-0.39, 0.29) is 5.91 Å². The van der Waals surface area contributed by atoms with Gasteiger partial charge in [0.1, 0.15) is 11.9 Å². The number of nitrogens with one attached hydrogen (secondary N) is 2. The highest BCUT2D eigenvalue weighted by Crippen LogP contribution is 2.20. The number of rotatable bonds is 3. The Bertz CT molecular complexity index is 457. The van der Waals surface area contributed by atoms with Crippen LogP contribution in [0.25, 0.3) is 0 Å². The maximum Gasteiger partial charge on any atom is 0.331 e. The van der Waals surface area contributed by atoms with Crippen LogP contribution in [0.1, 0.15) is 23.2 Å². The molecule has 0 radical (unpaired) electrons. The lowest BCUT2D eigenvalue weighted by molar-refractivity contribution is -0.149. The number of methoxy groups -OCH3 is 1. The Balaban J connectivity index is 2.17. The minimum absolute atomic E-state index is 0.323. The summed E-state index contributed by atoms with van der Waals surface area (Å²) in [6.45, 7) is 1.31. The number of hydrogen-bond donors (Lipinski definition) is 2. The van der Waals surface area contributed by atoms with Crippen molar-refractivity contribution in [3.05, 3.63) is 24.3 Å². The van der Waals surface area contributed by atoms with Gasteiger partial charge in [-0.25, -0.2) is 14.8 Å². The third kappa shape index (κ3) is 2.87. The molecule has 0 atom stereocenters. The Hall–Kier alpha value is -2.02. The van der Waals surface area contributed by atoms with Crippen LogP contribution >= 0.6 is 0 Å². The van der Waals surface area contributed by atoms with Gasteiger partial charge in [-0.2, -0.15) is 0 Å². The van der Waals surface area contributed by atoms with Gasteiger partial charge in [0.15, 0.2) is 0 Å². The van der Waals surface area contributed by atoms with Gasteiger partial charge < -0.3 is 15.4 Å². The van der Waals surface area contributed by atoms with Crippen LogP contribution in [0.4, 0.5) is 0 Å². The molecule has 7 heteroatoms. The molecule has 0 aliphatic carbocycles. The third-order valence-corrected chi connectivity index (χ3v) is 3.21. The van der Waals surface area contributed by atoms with E-state index in [2.05, 4.69) is 20.6 Å². The SMILES string of the molecule is COC(=O)C1(NC(=O)c2cncnc2)CCNCC1. The zero-order valence-electron chi connectivity index (χ0n) is 10.7. The molecule has 102 valence electrons. The first-order chi connectivity index (χ1) is 9.18. The van der Waals surface area contributed by atoms with E-state index in [9.17, 15) is 9.59 Å². The van der Waals surface area contributed by atoms with Crippen LogP contribution in [-0.4, -0.2) is 47.6 Å². The van der Waals surface area contributed by atoms with Gasteiger partial charge in [-0.05, 0) is 25.9 Å². The molecule has 19 heavy (non-hydrogen) atoms. The number of carbonyl (C=O) groups is 2. The first-order valence-corrected chi connectivity index (χ1v) is 6.04. The van der Waals surface area contributed by atoms with Crippen molar-refractivity contribution in [3.8, 4) is 0 Å². The summed E-state index contributed by atoms with van der Waals surface area (Å²) in [4.78, 5) is 31.7. The van der Waals surface area contributed by atoms with E-state index in [0.717, 1.165) is 0 Å². The van der Waals surface area contributed by atoms with Crippen molar-refractivity contribution < 1.29 is 14.3 Å². The maximum absolute atomic E-state index is 12.1. The van der Waals surface area contributed by atoms with Gasteiger partial charge in [0, 0.05) is 12.4 Å². The topological polar surface area (TPSA) is 93.2 Å². The summed E-state index contributed by atoms with van der Waals surface area (Å²) in [5.41, 5.74) is -0.642. The molecular formula is C12H16N4O3. The van der Waals surface area contributed by atoms with E-state index < -0.39 is 11.5 Å². The summed E-state index contributed by atoms with van der Waals surface area (Å²) < 4.78 is 4.82. The van der Waals surface area contributed by atoms with Crippen molar-refractivity contribution in [2.45, 2.75) is 18.4 Å². The molecule has 0 saturated carbocycles. The van der Waals surface area contributed by atoms with Gasteiger partial charge in [-0.15, -0.1) is 0 Å². The summed E-state index contributed by atoms with van der Waals surface area (Å²) >= 11 is 0. The predicted octanol–water partition coefficient (Wildman–Crippen LogP) is -0.498. The second kappa shape index (κ2) is 5.75. The second-order valence-corrected chi connectivity index (χ2v) is 4.40. The van der Waals surface area contributed by atoms with Crippen LogP contribution in [-0.2, 0) is 9.53 Å². The highest BCUT2D eigenvalue weighted by atomic mass is 16.5. The molecular weight excluding hydrogens is 248 g/mol. The third-order valence-electron chi connectivity index (χ3n) is 3.21. The number of ether oxygens (including phenoxy) is 1. The Morgan fingerprint density at radius 2 is 1.95 bits per heavy atom. The molecule has 2 heterocycles. The van der Waals surface area contributed by atoms with E-state index in [1.54, 1.807) is 0 Å². The van der Waals surface area contributed by atoms with E-state index in [1.165, 1.54) is 25.8 Å². The Morgan fingerprint density at radius 1 is 1.32 bits per heavy atom. The second-order valence-electron chi connectivity index (χ2n) is 4.40. The zero-order valence-corrected chi connectivity index (χ0v) is 10.7. The van der Waals surface area contributed by atoms with Gasteiger partial charge in [0.2, 0.25) is 0 Å². The van der Waals surface area contributed by atoms with Crippen molar-refractivity contribution in [2.24, 2.45) is 0 Å². The Labute approximate surface area is 110 Å². The fourth-order valence-corrected chi connectivity index (χ4v) is 2.13. The first kappa shape index (κ1) is 13.4. The fourth-order valence-electron chi connectivity index (χ4n) is 2.13. The minimum atomic E-state index is -0.965. The predicted molar refractivity (Wildman–Crippen MR) is 66.3 cm³/mol. The molecule has 1 aromatic rings. The fraction of sp³-hybridized carbons (Fsp3) is 0.500. The van der Waals surface area contributed by atoms with Gasteiger partial charge in [-0.3, -0.25) is 4.79 Å². The van der Waals surface area contributed by atoms with Gasteiger partial charge in [-0.1, -0.05) is 0 Å². The van der Waals surface area contributed by atoms with Crippen LogP contribution in [0.2, 0.25) is 0 Å². The normalized spacial score (nSPS) is 17.5. The quantitative estimate of drug-likeness (QED) is 0.715. The number of piperidine rings is 1. The van der Waals surface area contributed by atoms with Crippen molar-refractivity contribution in [3.63, 3.8) is 0 Å². The van der Waals surface area contributed by atoms with Crippen LogP contribution in [0, 0.1) is 0 Å². The molecule has 1 aliphatic heterocycles. The molecule has 1 amide bonds. The number of amides is 1. The molecule has 1 aliphatic rings. The Kier molecular flexibility index (Phi) is 4.06. The standard InChI is InChI=1S/C12H16N4O3/c1-19-11(18)12(2-4-13-5-3-12)16-10(17)9-6-14-8-15-7-9/h6-8,13H,2-5H2,1H3,(H,16,17). The highest BCUT2D eigenvalue weighted by molar-refractivity contribution is 5.97. The lowest BCUT2D eigenvalue weighted by Gasteiger charge is -2.35. The average molecular weight is 264 g/mol. The van der Waals surface area contributed by atoms with Gasteiger partial charge >= 0.3 is 5.97 Å². The lowest BCUT2D eigenvalue weighted by atomic mass is 9.88. The minimum Gasteiger partial charge on any atom is -0.467 e. The zero-order chi connectivity index (χ0) is 13.7. The van der Waals surface area contributed by atoms with Crippen LogP contribution in [0.15, 0.2) is 18.7 Å². The average Bonchev–Trinajstić information content (AvgIpc) is 2.48. The number of hydrogen-bond acceptors (Lipinski definition) is 6. The monoisotopic (exact) mass is 264 g/mol. The van der Waals surface area contributed by atoms with Gasteiger partial charge in [0.25, 0.3) is 5.91 Å². The smallest absolute Gasteiger partial charge is 0.331 e. The van der Waals surface area contributed by atoms with E-state index in [0.29, 0.717) is 31.5 Å². The van der Waals surface area contributed by atoms with E-state index >= 15 is 0 Å². The van der Waals surface area contributed by atoms with E-state index in [4.69, 9.17) is 4.74 Å².